The van der Waals surface area contributed by atoms with Crippen molar-refractivity contribution in [1.82, 2.24) is 0 Å². The molecular weight excluding hydrogens is 230 g/mol. The first-order chi connectivity index (χ1) is 6.15. The van der Waals surface area contributed by atoms with Crippen LogP contribution in [0.1, 0.15) is 17.5 Å². The number of hydrogen-bond acceptors (Lipinski definition) is 2. The van der Waals surface area contributed by atoms with Crippen molar-refractivity contribution in [1.29, 1.82) is 5.26 Å². The Morgan fingerprint density at radius 3 is 2.77 bits per heavy atom. The normalized spacial score (nSPS) is 9.62. The number of rotatable bonds is 2. The van der Waals surface area contributed by atoms with Crippen molar-refractivity contribution in [3.63, 3.8) is 0 Å². The highest BCUT2D eigenvalue weighted by molar-refractivity contribution is 9.10. The van der Waals surface area contributed by atoms with Gasteiger partial charge in [0.15, 0.2) is 0 Å². The number of benzene rings is 1. The van der Waals surface area contributed by atoms with E-state index >= 15 is 0 Å². The summed E-state index contributed by atoms with van der Waals surface area (Å²) < 4.78 is 0.875. The minimum absolute atomic E-state index is 0.266. The standard InChI is InChI=1S/C10H10BrNO/c1-7-5-9(11)8(3-2-4-12)10(13)6-7/h5-6,13H,2-3H2,1H3. The van der Waals surface area contributed by atoms with Crippen LogP contribution >= 0.6 is 15.9 Å². The minimum atomic E-state index is 0.266. The molecule has 0 heterocycles. The van der Waals surface area contributed by atoms with E-state index in [2.05, 4.69) is 22.0 Å². The zero-order valence-electron chi connectivity index (χ0n) is 7.34. The molecule has 0 amide bonds. The topological polar surface area (TPSA) is 44.0 Å². The lowest BCUT2D eigenvalue weighted by atomic mass is 10.1. The van der Waals surface area contributed by atoms with Gasteiger partial charge < -0.3 is 5.11 Å². The number of nitriles is 1. The smallest absolute Gasteiger partial charge is 0.120 e. The van der Waals surface area contributed by atoms with Crippen LogP contribution in [-0.4, -0.2) is 5.11 Å². The third kappa shape index (κ3) is 2.46. The van der Waals surface area contributed by atoms with E-state index in [1.165, 1.54) is 0 Å². The molecule has 0 atom stereocenters. The molecule has 0 spiro atoms. The summed E-state index contributed by atoms with van der Waals surface area (Å²) in [6.07, 6.45) is 1.01. The number of aryl methyl sites for hydroxylation is 1. The molecule has 0 bridgehead atoms. The van der Waals surface area contributed by atoms with Gasteiger partial charge in [0.05, 0.1) is 6.07 Å². The van der Waals surface area contributed by atoms with Crippen LogP contribution in [0.15, 0.2) is 16.6 Å². The van der Waals surface area contributed by atoms with Crippen LogP contribution in [-0.2, 0) is 6.42 Å². The van der Waals surface area contributed by atoms with Gasteiger partial charge in [0.25, 0.3) is 0 Å². The van der Waals surface area contributed by atoms with Crippen molar-refractivity contribution in [2.75, 3.05) is 0 Å². The lowest BCUT2D eigenvalue weighted by molar-refractivity contribution is 0.467. The van der Waals surface area contributed by atoms with E-state index in [1.54, 1.807) is 6.07 Å². The van der Waals surface area contributed by atoms with E-state index in [0.717, 1.165) is 15.6 Å². The summed E-state index contributed by atoms with van der Waals surface area (Å²) in [6.45, 7) is 1.92. The molecule has 68 valence electrons. The molecule has 0 radical (unpaired) electrons. The van der Waals surface area contributed by atoms with Crippen molar-refractivity contribution >= 4 is 15.9 Å². The summed E-state index contributed by atoms with van der Waals surface area (Å²) in [4.78, 5) is 0. The van der Waals surface area contributed by atoms with E-state index in [4.69, 9.17) is 5.26 Å². The molecule has 3 heteroatoms. The molecular formula is C10H10BrNO. The first-order valence-corrected chi connectivity index (χ1v) is 4.79. The third-order valence-corrected chi connectivity index (χ3v) is 2.51. The summed E-state index contributed by atoms with van der Waals surface area (Å²) in [5.41, 5.74) is 1.82. The quantitative estimate of drug-likeness (QED) is 0.863. The van der Waals surface area contributed by atoms with Crippen LogP contribution < -0.4 is 0 Å². The molecule has 1 N–H and O–H groups in total. The maximum Gasteiger partial charge on any atom is 0.120 e. The van der Waals surface area contributed by atoms with Gasteiger partial charge >= 0.3 is 0 Å². The van der Waals surface area contributed by atoms with Gasteiger partial charge in [-0.05, 0) is 31.0 Å². The predicted octanol–water partition coefficient (Wildman–Crippen LogP) is 2.92. The summed E-state index contributed by atoms with van der Waals surface area (Å²) in [7, 11) is 0. The molecule has 2 nitrogen and oxygen atoms in total. The molecule has 0 aromatic heterocycles. The van der Waals surface area contributed by atoms with Crippen molar-refractivity contribution in [3.8, 4) is 11.8 Å². The van der Waals surface area contributed by atoms with Crippen molar-refractivity contribution in [2.24, 2.45) is 0 Å². The summed E-state index contributed by atoms with van der Waals surface area (Å²) in [5.74, 6) is 0.266. The van der Waals surface area contributed by atoms with E-state index < -0.39 is 0 Å². The second-order valence-electron chi connectivity index (χ2n) is 2.90. The van der Waals surface area contributed by atoms with Crippen LogP contribution in [0.25, 0.3) is 0 Å². The molecule has 1 aromatic rings. The highest BCUT2D eigenvalue weighted by Crippen LogP contribution is 2.28. The van der Waals surface area contributed by atoms with Crippen LogP contribution in [0.5, 0.6) is 5.75 Å². The van der Waals surface area contributed by atoms with Crippen LogP contribution in [0, 0.1) is 18.3 Å². The summed E-state index contributed by atoms with van der Waals surface area (Å²) >= 11 is 3.36. The predicted molar refractivity (Wildman–Crippen MR) is 54.5 cm³/mol. The SMILES string of the molecule is Cc1cc(O)c(CCC#N)c(Br)c1. The first kappa shape index (κ1) is 10.1. The summed E-state index contributed by atoms with van der Waals surface area (Å²) in [6, 6.07) is 5.70. The van der Waals surface area contributed by atoms with E-state index in [-0.39, 0.29) is 5.75 Å². The fourth-order valence-corrected chi connectivity index (χ4v) is 1.94. The van der Waals surface area contributed by atoms with E-state index in [9.17, 15) is 5.11 Å². The third-order valence-electron chi connectivity index (χ3n) is 1.80. The molecule has 1 rings (SSSR count). The number of hydrogen-bond donors (Lipinski definition) is 1. The lowest BCUT2D eigenvalue weighted by Gasteiger charge is -2.06. The Morgan fingerprint density at radius 2 is 2.23 bits per heavy atom. The Bertz CT molecular complexity index is 331. The van der Waals surface area contributed by atoms with Crippen molar-refractivity contribution in [2.45, 2.75) is 19.8 Å². The highest BCUT2D eigenvalue weighted by Gasteiger charge is 2.06. The number of nitrogens with zero attached hydrogens (tertiary/aromatic N) is 1. The molecule has 0 saturated carbocycles. The Morgan fingerprint density at radius 1 is 1.54 bits per heavy atom. The molecule has 0 aliphatic carbocycles. The van der Waals surface area contributed by atoms with Gasteiger partial charge in [-0.1, -0.05) is 15.9 Å². The number of phenolic OH excluding ortho intramolecular Hbond substituents is 1. The number of aromatic hydroxyl groups is 1. The molecule has 1 aromatic carbocycles. The van der Waals surface area contributed by atoms with Gasteiger partial charge in [-0.3, -0.25) is 0 Å². The Kier molecular flexibility index (Phi) is 3.32. The second-order valence-corrected chi connectivity index (χ2v) is 3.76. The molecule has 0 fully saturated rings. The van der Waals surface area contributed by atoms with Gasteiger partial charge in [0.2, 0.25) is 0 Å². The molecule has 0 saturated heterocycles. The zero-order valence-corrected chi connectivity index (χ0v) is 8.93. The molecule has 0 aliphatic heterocycles. The van der Waals surface area contributed by atoms with Gasteiger partial charge in [0, 0.05) is 16.5 Å². The Labute approximate surface area is 85.9 Å². The van der Waals surface area contributed by atoms with Crippen LogP contribution in [0.2, 0.25) is 0 Å². The van der Waals surface area contributed by atoms with Gasteiger partial charge in [-0.2, -0.15) is 5.26 Å². The molecule has 0 unspecified atom stereocenters. The molecule has 13 heavy (non-hydrogen) atoms. The van der Waals surface area contributed by atoms with Gasteiger partial charge in [0.1, 0.15) is 5.75 Å². The first-order valence-electron chi connectivity index (χ1n) is 4.00. The highest BCUT2D eigenvalue weighted by atomic mass is 79.9. The fraction of sp³-hybridized carbons (Fsp3) is 0.300. The average molecular weight is 240 g/mol. The maximum atomic E-state index is 9.56. The van der Waals surface area contributed by atoms with Gasteiger partial charge in [-0.25, -0.2) is 0 Å². The minimum Gasteiger partial charge on any atom is -0.508 e. The lowest BCUT2D eigenvalue weighted by Crippen LogP contribution is -1.88. The van der Waals surface area contributed by atoms with Crippen molar-refractivity contribution < 1.29 is 5.11 Å². The Balaban J connectivity index is 3.00. The van der Waals surface area contributed by atoms with E-state index in [1.807, 2.05) is 13.0 Å². The number of halogens is 1. The number of phenols is 1. The fourth-order valence-electron chi connectivity index (χ4n) is 1.18. The average Bonchev–Trinajstić information content (AvgIpc) is 2.02. The zero-order chi connectivity index (χ0) is 9.84. The van der Waals surface area contributed by atoms with Crippen LogP contribution in [0.3, 0.4) is 0 Å². The van der Waals surface area contributed by atoms with E-state index in [0.29, 0.717) is 12.8 Å². The summed E-state index contributed by atoms with van der Waals surface area (Å²) in [5, 5.41) is 18.0. The van der Waals surface area contributed by atoms with Crippen molar-refractivity contribution in [3.05, 3.63) is 27.7 Å². The Hall–Kier alpha value is -1.01. The monoisotopic (exact) mass is 239 g/mol. The van der Waals surface area contributed by atoms with Crippen LogP contribution in [0.4, 0.5) is 0 Å². The van der Waals surface area contributed by atoms with Gasteiger partial charge in [-0.15, -0.1) is 0 Å². The second kappa shape index (κ2) is 4.29. The largest absolute Gasteiger partial charge is 0.508 e. The maximum absolute atomic E-state index is 9.56. The molecule has 0 aliphatic rings.